The van der Waals surface area contributed by atoms with Gasteiger partial charge in [0.05, 0.1) is 3.57 Å². The van der Waals surface area contributed by atoms with Gasteiger partial charge in [-0.05, 0) is 53.1 Å². The summed E-state index contributed by atoms with van der Waals surface area (Å²) in [6.07, 6.45) is 0.875. The molecule has 1 aromatic carbocycles. The van der Waals surface area contributed by atoms with Gasteiger partial charge in [0.15, 0.2) is 0 Å². The average Bonchev–Trinajstić information content (AvgIpc) is 2.30. The van der Waals surface area contributed by atoms with Crippen LogP contribution in [0.15, 0.2) is 18.2 Å². The molecular weight excluding hydrogens is 352 g/mol. The predicted octanol–water partition coefficient (Wildman–Crippen LogP) is 2.99. The summed E-state index contributed by atoms with van der Waals surface area (Å²) < 4.78 is 0.731. The van der Waals surface area contributed by atoms with Crippen molar-refractivity contribution in [3.05, 3.63) is 27.3 Å². The van der Waals surface area contributed by atoms with Crippen molar-refractivity contribution in [2.24, 2.45) is 5.92 Å². The smallest absolute Gasteiger partial charge is 0.251 e. The Bertz CT molecular complexity index is 398. The molecule has 0 radical (unpaired) electrons. The van der Waals surface area contributed by atoms with Crippen LogP contribution in [0.5, 0.6) is 5.75 Å². The van der Waals surface area contributed by atoms with Crippen LogP contribution in [0.1, 0.15) is 23.7 Å². The van der Waals surface area contributed by atoms with Crippen molar-refractivity contribution in [3.63, 3.8) is 0 Å². The molecule has 1 rings (SSSR count). The van der Waals surface area contributed by atoms with Gasteiger partial charge in [0.2, 0.25) is 0 Å². The second-order valence-corrected chi connectivity index (χ2v) is 5.50. The lowest BCUT2D eigenvalue weighted by molar-refractivity contribution is 0.0947. The summed E-state index contributed by atoms with van der Waals surface area (Å²) in [4.78, 5) is 11.8. The van der Waals surface area contributed by atoms with E-state index in [1.807, 2.05) is 29.5 Å². The predicted molar refractivity (Wildman–Crippen MR) is 77.7 cm³/mol. The Labute approximate surface area is 120 Å². The van der Waals surface area contributed by atoms with E-state index in [0.717, 1.165) is 9.99 Å². The number of carbonyl (C=O) groups excluding carboxylic acids is 1. The van der Waals surface area contributed by atoms with Crippen LogP contribution in [0.2, 0.25) is 0 Å². The van der Waals surface area contributed by atoms with E-state index in [2.05, 4.69) is 5.32 Å². The van der Waals surface area contributed by atoms with Crippen LogP contribution in [-0.2, 0) is 0 Å². The molecule has 0 fully saturated rings. The lowest BCUT2D eigenvalue weighted by atomic mass is 10.1. The van der Waals surface area contributed by atoms with E-state index in [0.29, 0.717) is 23.9 Å². The maximum Gasteiger partial charge on any atom is 0.251 e. The number of halogens is 2. The first-order valence-electron chi connectivity index (χ1n) is 5.37. The molecule has 0 aliphatic carbocycles. The molecule has 0 saturated carbocycles. The van der Waals surface area contributed by atoms with Crippen LogP contribution >= 0.6 is 34.2 Å². The summed E-state index contributed by atoms with van der Waals surface area (Å²) >= 11 is 7.63. The Morgan fingerprint density at radius 1 is 1.59 bits per heavy atom. The maximum absolute atomic E-state index is 11.8. The van der Waals surface area contributed by atoms with Crippen molar-refractivity contribution in [2.75, 3.05) is 12.4 Å². The highest BCUT2D eigenvalue weighted by atomic mass is 127. The Morgan fingerprint density at radius 3 is 2.88 bits per heavy atom. The van der Waals surface area contributed by atoms with E-state index in [4.69, 9.17) is 11.6 Å². The van der Waals surface area contributed by atoms with Crippen molar-refractivity contribution in [2.45, 2.75) is 13.3 Å². The number of rotatable bonds is 5. The normalized spacial score (nSPS) is 12.2. The van der Waals surface area contributed by atoms with Gasteiger partial charge in [-0.15, -0.1) is 11.6 Å². The summed E-state index contributed by atoms with van der Waals surface area (Å²) in [6, 6.07) is 4.89. The highest BCUT2D eigenvalue weighted by Crippen LogP contribution is 2.20. The summed E-state index contributed by atoms with van der Waals surface area (Å²) in [5.41, 5.74) is 0.473. The molecule has 94 valence electrons. The van der Waals surface area contributed by atoms with Gasteiger partial charge in [-0.3, -0.25) is 4.79 Å². The topological polar surface area (TPSA) is 49.3 Å². The van der Waals surface area contributed by atoms with Crippen LogP contribution in [0, 0.1) is 9.49 Å². The summed E-state index contributed by atoms with van der Waals surface area (Å²) in [7, 11) is 0. The summed E-state index contributed by atoms with van der Waals surface area (Å²) in [5, 5.41) is 12.3. The van der Waals surface area contributed by atoms with E-state index in [9.17, 15) is 9.90 Å². The summed E-state index contributed by atoms with van der Waals surface area (Å²) in [6.45, 7) is 2.63. The molecule has 1 amide bonds. The second-order valence-electron chi connectivity index (χ2n) is 3.96. The lowest BCUT2D eigenvalue weighted by Crippen LogP contribution is -2.28. The highest BCUT2D eigenvalue weighted by Gasteiger charge is 2.09. The van der Waals surface area contributed by atoms with Crippen molar-refractivity contribution in [1.29, 1.82) is 0 Å². The maximum atomic E-state index is 11.8. The van der Waals surface area contributed by atoms with Crippen LogP contribution in [0.4, 0.5) is 0 Å². The van der Waals surface area contributed by atoms with Gasteiger partial charge >= 0.3 is 0 Å². The van der Waals surface area contributed by atoms with Gasteiger partial charge in [-0.25, -0.2) is 0 Å². The van der Waals surface area contributed by atoms with Gasteiger partial charge in [-0.2, -0.15) is 0 Å². The van der Waals surface area contributed by atoms with Gasteiger partial charge in [0, 0.05) is 18.0 Å². The van der Waals surface area contributed by atoms with Crippen molar-refractivity contribution >= 4 is 40.1 Å². The van der Waals surface area contributed by atoms with Gasteiger partial charge in [0.1, 0.15) is 5.75 Å². The monoisotopic (exact) mass is 367 g/mol. The molecule has 2 N–H and O–H groups in total. The molecule has 17 heavy (non-hydrogen) atoms. The Hall–Kier alpha value is -0.490. The fourth-order valence-electron chi connectivity index (χ4n) is 1.31. The number of amides is 1. The summed E-state index contributed by atoms with van der Waals surface area (Å²) in [5.74, 6) is 0.917. The van der Waals surface area contributed by atoms with Gasteiger partial charge in [-0.1, -0.05) is 6.92 Å². The number of phenolic OH excluding ortho intramolecular Hbond substituents is 1. The molecule has 0 aliphatic rings. The minimum Gasteiger partial charge on any atom is -0.507 e. The number of benzene rings is 1. The first-order chi connectivity index (χ1) is 8.04. The van der Waals surface area contributed by atoms with Crippen molar-refractivity contribution in [1.82, 2.24) is 5.32 Å². The van der Waals surface area contributed by atoms with Crippen LogP contribution < -0.4 is 5.32 Å². The average molecular weight is 368 g/mol. The van der Waals surface area contributed by atoms with Crippen LogP contribution in [-0.4, -0.2) is 23.4 Å². The molecule has 1 aromatic rings. The number of carbonyl (C=O) groups is 1. The van der Waals surface area contributed by atoms with Gasteiger partial charge in [0.25, 0.3) is 5.91 Å². The molecule has 0 aromatic heterocycles. The third-order valence-electron chi connectivity index (χ3n) is 2.42. The molecular formula is C12H15ClINO2. The Kier molecular flexibility index (Phi) is 6.05. The number of alkyl halides is 1. The molecule has 5 heteroatoms. The fourth-order valence-corrected chi connectivity index (χ4v) is 2.02. The molecule has 3 nitrogen and oxygen atoms in total. The van der Waals surface area contributed by atoms with Gasteiger partial charge < -0.3 is 10.4 Å². The number of hydrogen-bond donors (Lipinski definition) is 2. The number of nitrogens with one attached hydrogen (secondary N) is 1. The first-order valence-corrected chi connectivity index (χ1v) is 6.98. The number of aromatic hydroxyl groups is 1. The van der Waals surface area contributed by atoms with E-state index in [1.54, 1.807) is 12.1 Å². The molecule has 0 saturated heterocycles. The molecule has 0 heterocycles. The molecule has 1 unspecified atom stereocenters. The minimum absolute atomic E-state index is 0.132. The molecule has 0 aliphatic heterocycles. The molecule has 1 atom stereocenters. The van der Waals surface area contributed by atoms with E-state index in [-0.39, 0.29) is 11.7 Å². The fraction of sp³-hybridized carbons (Fsp3) is 0.417. The Morgan fingerprint density at radius 2 is 2.29 bits per heavy atom. The zero-order chi connectivity index (χ0) is 12.8. The first kappa shape index (κ1) is 14.6. The number of phenols is 1. The third kappa shape index (κ3) is 4.71. The van der Waals surface area contributed by atoms with Crippen molar-refractivity contribution < 1.29 is 9.90 Å². The van der Waals surface area contributed by atoms with Crippen molar-refractivity contribution in [3.8, 4) is 5.75 Å². The standard InChI is InChI=1S/C12H15ClINO2/c1-8(4-5-13)7-15-12(17)9-2-3-10(14)11(16)6-9/h2-3,6,8,16H,4-5,7H2,1H3,(H,15,17). The Balaban J connectivity index is 2.55. The van der Waals surface area contributed by atoms with E-state index >= 15 is 0 Å². The van der Waals surface area contributed by atoms with E-state index in [1.165, 1.54) is 6.07 Å². The zero-order valence-corrected chi connectivity index (χ0v) is 12.5. The molecule has 0 bridgehead atoms. The van der Waals surface area contributed by atoms with Crippen LogP contribution in [0.3, 0.4) is 0 Å². The largest absolute Gasteiger partial charge is 0.507 e. The van der Waals surface area contributed by atoms with E-state index < -0.39 is 0 Å². The highest BCUT2D eigenvalue weighted by molar-refractivity contribution is 14.1. The molecule has 0 spiro atoms. The number of hydrogen-bond acceptors (Lipinski definition) is 2. The lowest BCUT2D eigenvalue weighted by Gasteiger charge is -2.11. The minimum atomic E-state index is -0.168. The zero-order valence-electron chi connectivity index (χ0n) is 9.54. The quantitative estimate of drug-likeness (QED) is 0.621. The third-order valence-corrected chi connectivity index (χ3v) is 3.55. The van der Waals surface area contributed by atoms with Crippen LogP contribution in [0.25, 0.3) is 0 Å². The SMILES string of the molecule is CC(CCCl)CNC(=O)c1ccc(I)c(O)c1. The second kappa shape index (κ2) is 7.06.